The fourth-order valence-electron chi connectivity index (χ4n) is 3.89. The van der Waals surface area contributed by atoms with Gasteiger partial charge in [0.25, 0.3) is 0 Å². The van der Waals surface area contributed by atoms with Crippen LogP contribution in [0.5, 0.6) is 11.5 Å². The highest BCUT2D eigenvalue weighted by Crippen LogP contribution is 2.38. The average molecular weight is 346 g/mol. The molecular weight excluding hydrogens is 316 g/mol. The molecule has 0 aromatic heterocycles. The second kappa shape index (κ2) is 8.09. The van der Waals surface area contributed by atoms with Gasteiger partial charge in [0, 0.05) is 24.5 Å². The molecule has 1 amide bonds. The van der Waals surface area contributed by atoms with E-state index in [0.29, 0.717) is 24.9 Å². The van der Waals surface area contributed by atoms with Crippen molar-refractivity contribution in [3.63, 3.8) is 0 Å². The van der Waals surface area contributed by atoms with Crippen molar-refractivity contribution in [2.75, 3.05) is 25.0 Å². The molecule has 2 unspecified atom stereocenters. The molecule has 0 spiro atoms. The molecule has 5 nitrogen and oxygen atoms in total. The summed E-state index contributed by atoms with van der Waals surface area (Å²) >= 11 is 0. The van der Waals surface area contributed by atoms with Crippen molar-refractivity contribution < 1.29 is 14.3 Å². The lowest BCUT2D eigenvalue weighted by Crippen LogP contribution is -2.32. The molecular formula is C20H30N2O3. The number of rotatable bonds is 6. The predicted molar refractivity (Wildman–Crippen MR) is 99.4 cm³/mol. The Morgan fingerprint density at radius 2 is 2.16 bits per heavy atom. The first-order valence-electron chi connectivity index (χ1n) is 9.53. The maximum atomic E-state index is 12.6. The number of nitrogens with one attached hydrogen (secondary N) is 2. The third-order valence-corrected chi connectivity index (χ3v) is 5.27. The number of carbonyl (C=O) groups is 1. The van der Waals surface area contributed by atoms with Crippen molar-refractivity contribution in [2.45, 2.75) is 52.6 Å². The number of anilines is 1. The number of piperidine rings is 1. The molecule has 1 fully saturated rings. The second-order valence-electron chi connectivity index (χ2n) is 7.34. The SMILES string of the molecule is CCOc1cc2c(cc1NC(=O)CC(C)C1CCNCC1)OC(C)C2. The Morgan fingerprint density at radius 3 is 2.88 bits per heavy atom. The highest BCUT2D eigenvalue weighted by Gasteiger charge is 2.25. The largest absolute Gasteiger partial charge is 0.492 e. The van der Waals surface area contributed by atoms with Gasteiger partial charge in [0.05, 0.1) is 12.3 Å². The van der Waals surface area contributed by atoms with Gasteiger partial charge in [-0.3, -0.25) is 4.79 Å². The van der Waals surface area contributed by atoms with Crippen molar-refractivity contribution in [2.24, 2.45) is 11.8 Å². The number of carbonyl (C=O) groups excluding carboxylic acids is 1. The van der Waals surface area contributed by atoms with Crippen LogP contribution in [-0.4, -0.2) is 31.7 Å². The minimum atomic E-state index is 0.0537. The minimum absolute atomic E-state index is 0.0537. The van der Waals surface area contributed by atoms with Crippen molar-refractivity contribution in [3.05, 3.63) is 17.7 Å². The monoisotopic (exact) mass is 346 g/mol. The molecule has 0 radical (unpaired) electrons. The molecule has 0 bridgehead atoms. The molecule has 1 saturated heterocycles. The minimum Gasteiger partial charge on any atom is -0.492 e. The number of hydrogen-bond acceptors (Lipinski definition) is 4. The van der Waals surface area contributed by atoms with Crippen molar-refractivity contribution in [1.29, 1.82) is 0 Å². The first kappa shape index (κ1) is 18.1. The Balaban J connectivity index is 1.66. The van der Waals surface area contributed by atoms with Crippen LogP contribution in [0.25, 0.3) is 0 Å². The van der Waals surface area contributed by atoms with Crippen LogP contribution in [0.1, 0.15) is 45.6 Å². The molecule has 0 saturated carbocycles. The quantitative estimate of drug-likeness (QED) is 0.829. The zero-order chi connectivity index (χ0) is 17.8. The molecule has 2 heterocycles. The molecule has 0 aliphatic carbocycles. The van der Waals surface area contributed by atoms with Gasteiger partial charge in [0.1, 0.15) is 17.6 Å². The standard InChI is InChI=1S/C20H30N2O3/c1-4-24-19-11-16-10-14(3)25-18(16)12-17(19)22-20(23)9-13(2)15-5-7-21-8-6-15/h11-15,21H,4-10H2,1-3H3,(H,22,23). The molecule has 1 aromatic rings. The van der Waals surface area contributed by atoms with E-state index in [9.17, 15) is 4.79 Å². The van der Waals surface area contributed by atoms with Gasteiger partial charge in [-0.05, 0) is 57.7 Å². The van der Waals surface area contributed by atoms with Gasteiger partial charge >= 0.3 is 0 Å². The lowest BCUT2D eigenvalue weighted by Gasteiger charge is -2.28. The van der Waals surface area contributed by atoms with E-state index >= 15 is 0 Å². The smallest absolute Gasteiger partial charge is 0.224 e. The van der Waals surface area contributed by atoms with Crippen LogP contribution in [0.2, 0.25) is 0 Å². The Bertz CT molecular complexity index is 611. The zero-order valence-electron chi connectivity index (χ0n) is 15.6. The molecule has 2 atom stereocenters. The van der Waals surface area contributed by atoms with Crippen LogP contribution in [0.3, 0.4) is 0 Å². The number of fused-ring (bicyclic) bond motifs is 1. The van der Waals surface area contributed by atoms with Crippen LogP contribution in [0, 0.1) is 11.8 Å². The molecule has 1 aromatic carbocycles. The van der Waals surface area contributed by atoms with Crippen LogP contribution in [-0.2, 0) is 11.2 Å². The first-order valence-corrected chi connectivity index (χ1v) is 9.53. The lowest BCUT2D eigenvalue weighted by atomic mass is 9.84. The van der Waals surface area contributed by atoms with Crippen LogP contribution >= 0.6 is 0 Å². The number of hydrogen-bond donors (Lipinski definition) is 2. The maximum absolute atomic E-state index is 12.6. The van der Waals surface area contributed by atoms with Crippen LogP contribution < -0.4 is 20.1 Å². The fourth-order valence-corrected chi connectivity index (χ4v) is 3.89. The van der Waals surface area contributed by atoms with Gasteiger partial charge in [-0.15, -0.1) is 0 Å². The molecule has 5 heteroatoms. The van der Waals surface area contributed by atoms with E-state index in [1.165, 1.54) is 0 Å². The second-order valence-corrected chi connectivity index (χ2v) is 7.34. The van der Waals surface area contributed by atoms with E-state index in [1.54, 1.807) is 0 Å². The van der Waals surface area contributed by atoms with Gasteiger partial charge in [0.15, 0.2) is 0 Å². The third-order valence-electron chi connectivity index (χ3n) is 5.27. The van der Waals surface area contributed by atoms with Gasteiger partial charge in [0.2, 0.25) is 5.91 Å². The Morgan fingerprint density at radius 1 is 1.40 bits per heavy atom. The summed E-state index contributed by atoms with van der Waals surface area (Å²) in [5, 5.41) is 6.43. The van der Waals surface area contributed by atoms with Gasteiger partial charge in [-0.25, -0.2) is 0 Å². The maximum Gasteiger partial charge on any atom is 0.224 e. The van der Waals surface area contributed by atoms with Crippen molar-refractivity contribution >= 4 is 11.6 Å². The number of ether oxygens (including phenoxy) is 2. The normalized spacial score (nSPS) is 21.3. The highest BCUT2D eigenvalue weighted by atomic mass is 16.5. The molecule has 25 heavy (non-hydrogen) atoms. The zero-order valence-corrected chi connectivity index (χ0v) is 15.6. The summed E-state index contributed by atoms with van der Waals surface area (Å²) in [6.45, 7) is 8.89. The number of amides is 1. The van der Waals surface area contributed by atoms with Crippen molar-refractivity contribution in [3.8, 4) is 11.5 Å². The van der Waals surface area contributed by atoms with E-state index < -0.39 is 0 Å². The van der Waals surface area contributed by atoms with Crippen LogP contribution in [0.15, 0.2) is 12.1 Å². The van der Waals surface area contributed by atoms with E-state index in [1.807, 2.05) is 19.1 Å². The van der Waals surface area contributed by atoms with Gasteiger partial charge in [-0.1, -0.05) is 6.92 Å². The van der Waals surface area contributed by atoms with Gasteiger partial charge < -0.3 is 20.1 Å². The Labute approximate surface area is 150 Å². The van der Waals surface area contributed by atoms with Crippen molar-refractivity contribution in [1.82, 2.24) is 5.32 Å². The summed E-state index contributed by atoms with van der Waals surface area (Å²) in [5.41, 5.74) is 1.87. The average Bonchev–Trinajstić information content (AvgIpc) is 2.95. The molecule has 138 valence electrons. The molecule has 2 aliphatic rings. The third kappa shape index (κ3) is 4.46. The summed E-state index contributed by atoms with van der Waals surface area (Å²) in [6.07, 6.45) is 3.92. The van der Waals surface area contributed by atoms with E-state index in [4.69, 9.17) is 9.47 Å². The van der Waals surface area contributed by atoms with Gasteiger partial charge in [-0.2, -0.15) is 0 Å². The lowest BCUT2D eigenvalue weighted by molar-refractivity contribution is -0.117. The Kier molecular flexibility index (Phi) is 5.84. The molecule has 2 N–H and O–H groups in total. The number of benzene rings is 1. The summed E-state index contributed by atoms with van der Waals surface area (Å²) in [6, 6.07) is 3.92. The van der Waals surface area contributed by atoms with E-state index in [-0.39, 0.29) is 12.0 Å². The fraction of sp³-hybridized carbons (Fsp3) is 0.650. The predicted octanol–water partition coefficient (Wildman–Crippen LogP) is 3.37. The van der Waals surface area contributed by atoms with E-state index in [2.05, 4.69) is 24.5 Å². The molecule has 3 rings (SSSR count). The molecule has 2 aliphatic heterocycles. The summed E-state index contributed by atoms with van der Waals surface area (Å²) < 4.78 is 11.6. The Hall–Kier alpha value is -1.75. The van der Waals surface area contributed by atoms with Crippen LogP contribution in [0.4, 0.5) is 5.69 Å². The summed E-state index contributed by atoms with van der Waals surface area (Å²) in [5.74, 6) is 2.67. The summed E-state index contributed by atoms with van der Waals surface area (Å²) in [4.78, 5) is 12.6. The topological polar surface area (TPSA) is 59.6 Å². The van der Waals surface area contributed by atoms with E-state index in [0.717, 1.165) is 55.1 Å². The first-order chi connectivity index (χ1) is 12.1. The summed E-state index contributed by atoms with van der Waals surface area (Å²) in [7, 11) is 0. The highest BCUT2D eigenvalue weighted by molar-refractivity contribution is 5.93.